The van der Waals surface area contributed by atoms with Crippen LogP contribution in [0.2, 0.25) is 0 Å². The summed E-state index contributed by atoms with van der Waals surface area (Å²) in [6.07, 6.45) is 2.83. The molecular weight excluding hydrogens is 266 g/mol. The van der Waals surface area contributed by atoms with E-state index < -0.39 is 0 Å². The molecule has 2 rings (SSSR count). The minimum Gasteiger partial charge on any atom is -0.359 e. The van der Waals surface area contributed by atoms with E-state index >= 15 is 0 Å². The standard InChI is InChI=1S/C15H25N5O/c1-11-18-13(12-5-4-7-17-10-12)9-14(19-11)20(3)8-6-15(21)16-2/h9,12,17H,4-8,10H2,1-3H3,(H,16,21). The van der Waals surface area contributed by atoms with Gasteiger partial charge in [0.2, 0.25) is 5.91 Å². The number of carbonyl (C=O) groups is 1. The van der Waals surface area contributed by atoms with Crippen LogP contribution < -0.4 is 15.5 Å². The maximum absolute atomic E-state index is 11.3. The molecule has 1 unspecified atom stereocenters. The maximum atomic E-state index is 11.3. The van der Waals surface area contributed by atoms with Gasteiger partial charge in [0.05, 0.1) is 5.69 Å². The number of piperidine rings is 1. The van der Waals surface area contributed by atoms with Crippen molar-refractivity contribution >= 4 is 11.7 Å². The van der Waals surface area contributed by atoms with Crippen LogP contribution in [0.15, 0.2) is 6.07 Å². The molecule has 0 aromatic carbocycles. The van der Waals surface area contributed by atoms with E-state index in [1.165, 1.54) is 12.8 Å². The van der Waals surface area contributed by atoms with Crippen molar-refractivity contribution < 1.29 is 4.79 Å². The molecule has 1 amide bonds. The summed E-state index contributed by atoms with van der Waals surface area (Å²) in [6, 6.07) is 2.06. The van der Waals surface area contributed by atoms with Gasteiger partial charge in [0, 0.05) is 45.6 Å². The first kappa shape index (κ1) is 15.7. The van der Waals surface area contributed by atoms with E-state index in [1.54, 1.807) is 7.05 Å². The molecule has 21 heavy (non-hydrogen) atoms. The molecule has 0 saturated carbocycles. The van der Waals surface area contributed by atoms with Crippen LogP contribution in [0.25, 0.3) is 0 Å². The monoisotopic (exact) mass is 291 g/mol. The maximum Gasteiger partial charge on any atom is 0.221 e. The van der Waals surface area contributed by atoms with E-state index in [9.17, 15) is 4.79 Å². The van der Waals surface area contributed by atoms with Crippen molar-refractivity contribution in [2.75, 3.05) is 38.6 Å². The Hall–Kier alpha value is -1.69. The van der Waals surface area contributed by atoms with Crippen molar-refractivity contribution in [2.24, 2.45) is 0 Å². The lowest BCUT2D eigenvalue weighted by molar-refractivity contribution is -0.120. The lowest BCUT2D eigenvalue weighted by Crippen LogP contribution is -2.30. The summed E-state index contributed by atoms with van der Waals surface area (Å²) in [7, 11) is 3.62. The smallest absolute Gasteiger partial charge is 0.221 e. The van der Waals surface area contributed by atoms with E-state index in [2.05, 4.69) is 26.7 Å². The number of aryl methyl sites for hydroxylation is 1. The van der Waals surface area contributed by atoms with Gasteiger partial charge in [0.15, 0.2) is 0 Å². The van der Waals surface area contributed by atoms with Gasteiger partial charge in [-0.3, -0.25) is 4.79 Å². The molecule has 6 nitrogen and oxygen atoms in total. The minimum atomic E-state index is 0.0457. The van der Waals surface area contributed by atoms with Crippen LogP contribution in [0.5, 0.6) is 0 Å². The predicted molar refractivity (Wildman–Crippen MR) is 83.6 cm³/mol. The number of carbonyl (C=O) groups excluding carboxylic acids is 1. The van der Waals surface area contributed by atoms with Gasteiger partial charge in [-0.25, -0.2) is 9.97 Å². The molecule has 2 heterocycles. The fourth-order valence-corrected chi connectivity index (χ4v) is 2.59. The molecule has 1 saturated heterocycles. The van der Waals surface area contributed by atoms with Crippen LogP contribution in [-0.2, 0) is 4.79 Å². The molecular formula is C15H25N5O. The van der Waals surface area contributed by atoms with Crippen molar-refractivity contribution in [3.05, 3.63) is 17.6 Å². The molecule has 1 aromatic rings. The zero-order chi connectivity index (χ0) is 15.2. The molecule has 0 aliphatic carbocycles. The third kappa shape index (κ3) is 4.39. The molecule has 0 radical (unpaired) electrons. The largest absolute Gasteiger partial charge is 0.359 e. The summed E-state index contributed by atoms with van der Waals surface area (Å²) in [6.45, 7) is 4.66. The average Bonchev–Trinajstić information content (AvgIpc) is 2.52. The minimum absolute atomic E-state index is 0.0457. The van der Waals surface area contributed by atoms with Gasteiger partial charge < -0.3 is 15.5 Å². The molecule has 1 aromatic heterocycles. The molecule has 1 aliphatic rings. The average molecular weight is 291 g/mol. The Kier molecular flexibility index (Phi) is 5.50. The van der Waals surface area contributed by atoms with Gasteiger partial charge in [-0.05, 0) is 26.3 Å². The first-order valence-corrected chi connectivity index (χ1v) is 7.58. The normalized spacial score (nSPS) is 18.3. The summed E-state index contributed by atoms with van der Waals surface area (Å²) in [5.41, 5.74) is 1.11. The van der Waals surface area contributed by atoms with Crippen molar-refractivity contribution in [3.8, 4) is 0 Å². The topological polar surface area (TPSA) is 70.2 Å². The van der Waals surface area contributed by atoms with Gasteiger partial charge in [-0.2, -0.15) is 0 Å². The number of amides is 1. The molecule has 1 atom stereocenters. The molecule has 0 spiro atoms. The summed E-state index contributed by atoms with van der Waals surface area (Å²) in [5, 5.41) is 6.06. The third-order valence-electron chi connectivity index (χ3n) is 3.90. The summed E-state index contributed by atoms with van der Waals surface area (Å²) >= 11 is 0. The van der Waals surface area contributed by atoms with Crippen molar-refractivity contribution in [2.45, 2.75) is 32.1 Å². The second-order valence-electron chi connectivity index (χ2n) is 5.59. The number of hydrogen-bond acceptors (Lipinski definition) is 5. The summed E-state index contributed by atoms with van der Waals surface area (Å²) in [4.78, 5) is 22.5. The zero-order valence-corrected chi connectivity index (χ0v) is 13.1. The highest BCUT2D eigenvalue weighted by molar-refractivity contribution is 5.76. The second-order valence-corrected chi connectivity index (χ2v) is 5.59. The Balaban J connectivity index is 2.08. The Morgan fingerprint density at radius 1 is 1.52 bits per heavy atom. The number of hydrogen-bond donors (Lipinski definition) is 2. The Morgan fingerprint density at radius 3 is 3.00 bits per heavy atom. The fraction of sp³-hybridized carbons (Fsp3) is 0.667. The summed E-state index contributed by atoms with van der Waals surface area (Å²) < 4.78 is 0. The molecule has 1 aliphatic heterocycles. The highest BCUT2D eigenvalue weighted by Gasteiger charge is 2.18. The molecule has 116 valence electrons. The van der Waals surface area contributed by atoms with E-state index in [0.29, 0.717) is 18.9 Å². The molecule has 0 bridgehead atoms. The summed E-state index contributed by atoms with van der Waals surface area (Å²) in [5.74, 6) is 2.20. The zero-order valence-electron chi connectivity index (χ0n) is 13.1. The van der Waals surface area contributed by atoms with Crippen LogP contribution in [-0.4, -0.2) is 49.6 Å². The van der Waals surface area contributed by atoms with Crippen molar-refractivity contribution in [3.63, 3.8) is 0 Å². The molecule has 2 N–H and O–H groups in total. The Labute approximate surface area is 126 Å². The van der Waals surface area contributed by atoms with Gasteiger partial charge in [-0.15, -0.1) is 0 Å². The van der Waals surface area contributed by atoms with E-state index in [0.717, 1.165) is 30.4 Å². The van der Waals surface area contributed by atoms with Crippen LogP contribution in [0.4, 0.5) is 5.82 Å². The number of nitrogens with zero attached hydrogens (tertiary/aromatic N) is 3. The predicted octanol–water partition coefficient (Wildman–Crippen LogP) is 0.824. The quantitative estimate of drug-likeness (QED) is 0.841. The van der Waals surface area contributed by atoms with Gasteiger partial charge in [0.25, 0.3) is 0 Å². The Bertz CT molecular complexity index is 485. The molecule has 6 heteroatoms. The first-order valence-electron chi connectivity index (χ1n) is 7.58. The lowest BCUT2D eigenvalue weighted by Gasteiger charge is -2.24. The number of anilines is 1. The first-order chi connectivity index (χ1) is 10.1. The van der Waals surface area contributed by atoms with Crippen LogP contribution >= 0.6 is 0 Å². The van der Waals surface area contributed by atoms with Crippen LogP contribution in [0, 0.1) is 6.92 Å². The van der Waals surface area contributed by atoms with E-state index in [-0.39, 0.29) is 5.91 Å². The SMILES string of the molecule is CNC(=O)CCN(C)c1cc(C2CCCNC2)nc(C)n1. The third-order valence-corrected chi connectivity index (χ3v) is 3.90. The van der Waals surface area contributed by atoms with Gasteiger partial charge in [-0.1, -0.05) is 0 Å². The van der Waals surface area contributed by atoms with Crippen LogP contribution in [0.1, 0.15) is 36.7 Å². The second kappa shape index (κ2) is 7.36. The molecule has 1 fully saturated rings. The van der Waals surface area contributed by atoms with Crippen molar-refractivity contribution in [1.29, 1.82) is 0 Å². The number of aromatic nitrogens is 2. The van der Waals surface area contributed by atoms with E-state index in [1.807, 2.05) is 18.9 Å². The fourth-order valence-electron chi connectivity index (χ4n) is 2.59. The highest BCUT2D eigenvalue weighted by atomic mass is 16.1. The van der Waals surface area contributed by atoms with Gasteiger partial charge >= 0.3 is 0 Å². The van der Waals surface area contributed by atoms with E-state index in [4.69, 9.17) is 0 Å². The van der Waals surface area contributed by atoms with Crippen LogP contribution in [0.3, 0.4) is 0 Å². The Morgan fingerprint density at radius 2 is 2.33 bits per heavy atom. The highest BCUT2D eigenvalue weighted by Crippen LogP contribution is 2.24. The lowest BCUT2D eigenvalue weighted by atomic mass is 9.96. The van der Waals surface area contributed by atoms with Gasteiger partial charge in [0.1, 0.15) is 11.6 Å². The van der Waals surface area contributed by atoms with Crippen molar-refractivity contribution in [1.82, 2.24) is 20.6 Å². The number of nitrogens with one attached hydrogen (secondary N) is 2. The number of rotatable bonds is 5.